The van der Waals surface area contributed by atoms with E-state index in [1.165, 1.54) is 0 Å². The standard InChI is InChI=1S/C12H15N3O/c13-7-10-1-3-11(4-2-10)12-8-14-15(9-12)5-6-16/h1-4,8-9,16H,5-7,13H2. The average Bonchev–Trinajstić information content (AvgIpc) is 2.78. The summed E-state index contributed by atoms with van der Waals surface area (Å²) >= 11 is 0. The molecule has 0 saturated heterocycles. The molecular formula is C12H15N3O. The van der Waals surface area contributed by atoms with Gasteiger partial charge < -0.3 is 10.8 Å². The highest BCUT2D eigenvalue weighted by Crippen LogP contribution is 2.18. The molecule has 1 heterocycles. The number of benzene rings is 1. The molecule has 0 saturated carbocycles. The SMILES string of the molecule is NCc1ccc(-c2cnn(CCO)c2)cc1. The van der Waals surface area contributed by atoms with Crippen molar-refractivity contribution in [3.8, 4) is 11.1 Å². The molecule has 0 bridgehead atoms. The number of hydrogen-bond donors (Lipinski definition) is 2. The van der Waals surface area contributed by atoms with Gasteiger partial charge in [-0.2, -0.15) is 5.10 Å². The first-order valence-electron chi connectivity index (χ1n) is 5.26. The maximum Gasteiger partial charge on any atom is 0.0641 e. The lowest BCUT2D eigenvalue weighted by Gasteiger charge is -1.99. The van der Waals surface area contributed by atoms with Gasteiger partial charge in [0, 0.05) is 18.3 Å². The van der Waals surface area contributed by atoms with Crippen molar-refractivity contribution < 1.29 is 5.11 Å². The third-order valence-electron chi connectivity index (χ3n) is 2.49. The predicted octanol–water partition coefficient (Wildman–Crippen LogP) is 1.00. The Labute approximate surface area is 94.3 Å². The normalized spacial score (nSPS) is 10.6. The molecular weight excluding hydrogens is 202 g/mol. The van der Waals surface area contributed by atoms with Crippen molar-refractivity contribution in [3.63, 3.8) is 0 Å². The highest BCUT2D eigenvalue weighted by atomic mass is 16.3. The molecule has 4 heteroatoms. The van der Waals surface area contributed by atoms with Gasteiger partial charge in [-0.1, -0.05) is 24.3 Å². The monoisotopic (exact) mass is 217 g/mol. The van der Waals surface area contributed by atoms with Crippen LogP contribution >= 0.6 is 0 Å². The highest BCUT2D eigenvalue weighted by Gasteiger charge is 2.01. The molecule has 0 aliphatic carbocycles. The van der Waals surface area contributed by atoms with E-state index in [0.717, 1.165) is 16.7 Å². The van der Waals surface area contributed by atoms with Gasteiger partial charge in [0.2, 0.25) is 0 Å². The first-order valence-corrected chi connectivity index (χ1v) is 5.26. The largest absolute Gasteiger partial charge is 0.394 e. The second-order valence-corrected chi connectivity index (χ2v) is 3.62. The highest BCUT2D eigenvalue weighted by molar-refractivity contribution is 5.61. The van der Waals surface area contributed by atoms with Gasteiger partial charge in [0.15, 0.2) is 0 Å². The minimum Gasteiger partial charge on any atom is -0.394 e. The Morgan fingerprint density at radius 3 is 2.56 bits per heavy atom. The van der Waals surface area contributed by atoms with Gasteiger partial charge in [-0.05, 0) is 11.1 Å². The lowest BCUT2D eigenvalue weighted by atomic mass is 10.1. The number of aliphatic hydroxyl groups excluding tert-OH is 1. The van der Waals surface area contributed by atoms with Gasteiger partial charge in [0.05, 0.1) is 19.3 Å². The summed E-state index contributed by atoms with van der Waals surface area (Å²) in [5.74, 6) is 0. The zero-order chi connectivity index (χ0) is 11.4. The number of nitrogens with two attached hydrogens (primary N) is 1. The quantitative estimate of drug-likeness (QED) is 0.803. The Hall–Kier alpha value is -1.65. The van der Waals surface area contributed by atoms with Gasteiger partial charge in [-0.3, -0.25) is 4.68 Å². The molecule has 84 valence electrons. The zero-order valence-electron chi connectivity index (χ0n) is 9.00. The molecule has 0 unspecified atom stereocenters. The number of nitrogens with zero attached hydrogens (tertiary/aromatic N) is 2. The van der Waals surface area contributed by atoms with E-state index < -0.39 is 0 Å². The van der Waals surface area contributed by atoms with Gasteiger partial charge in [0.1, 0.15) is 0 Å². The minimum atomic E-state index is 0.104. The van der Waals surface area contributed by atoms with Gasteiger partial charge in [-0.25, -0.2) is 0 Å². The van der Waals surface area contributed by atoms with Crippen molar-refractivity contribution in [1.82, 2.24) is 9.78 Å². The molecule has 0 spiro atoms. The maximum atomic E-state index is 8.79. The van der Waals surface area contributed by atoms with Gasteiger partial charge in [0.25, 0.3) is 0 Å². The van der Waals surface area contributed by atoms with Crippen LogP contribution in [0.3, 0.4) is 0 Å². The van der Waals surface area contributed by atoms with Crippen molar-refractivity contribution in [2.75, 3.05) is 6.61 Å². The van der Waals surface area contributed by atoms with Crippen molar-refractivity contribution >= 4 is 0 Å². The van der Waals surface area contributed by atoms with E-state index in [0.29, 0.717) is 13.1 Å². The summed E-state index contributed by atoms with van der Waals surface area (Å²) in [4.78, 5) is 0. The zero-order valence-corrected chi connectivity index (χ0v) is 9.00. The van der Waals surface area contributed by atoms with Crippen LogP contribution in [0.1, 0.15) is 5.56 Å². The fraction of sp³-hybridized carbons (Fsp3) is 0.250. The van der Waals surface area contributed by atoms with Crippen LogP contribution in [0.25, 0.3) is 11.1 Å². The molecule has 0 fully saturated rings. The van der Waals surface area contributed by atoms with Gasteiger partial charge in [-0.15, -0.1) is 0 Å². The van der Waals surface area contributed by atoms with E-state index >= 15 is 0 Å². The molecule has 0 amide bonds. The van der Waals surface area contributed by atoms with Crippen LogP contribution in [0.4, 0.5) is 0 Å². The van der Waals surface area contributed by atoms with Crippen LogP contribution in [-0.4, -0.2) is 21.5 Å². The third kappa shape index (κ3) is 2.29. The van der Waals surface area contributed by atoms with Crippen LogP contribution in [0.2, 0.25) is 0 Å². The summed E-state index contributed by atoms with van der Waals surface area (Å²) in [5.41, 5.74) is 8.82. The third-order valence-corrected chi connectivity index (χ3v) is 2.49. The van der Waals surface area contributed by atoms with Crippen molar-refractivity contribution in [2.24, 2.45) is 5.73 Å². The molecule has 0 aliphatic heterocycles. The number of aliphatic hydroxyl groups is 1. The fourth-order valence-electron chi connectivity index (χ4n) is 1.57. The summed E-state index contributed by atoms with van der Waals surface area (Å²) in [6.45, 7) is 1.19. The second kappa shape index (κ2) is 4.92. The van der Waals surface area contributed by atoms with E-state index in [-0.39, 0.29) is 6.61 Å². The molecule has 2 rings (SSSR count). The number of hydrogen-bond acceptors (Lipinski definition) is 3. The Morgan fingerprint density at radius 2 is 1.94 bits per heavy atom. The molecule has 2 aromatic rings. The fourth-order valence-corrected chi connectivity index (χ4v) is 1.57. The molecule has 0 atom stereocenters. The molecule has 1 aromatic carbocycles. The van der Waals surface area contributed by atoms with Crippen LogP contribution < -0.4 is 5.73 Å². The van der Waals surface area contributed by atoms with E-state index in [2.05, 4.69) is 5.10 Å². The first-order chi connectivity index (χ1) is 7.83. The molecule has 0 aliphatic rings. The second-order valence-electron chi connectivity index (χ2n) is 3.62. The smallest absolute Gasteiger partial charge is 0.0641 e. The van der Waals surface area contributed by atoms with E-state index in [1.807, 2.05) is 30.5 Å². The molecule has 0 radical (unpaired) electrons. The minimum absolute atomic E-state index is 0.104. The number of aromatic nitrogens is 2. The van der Waals surface area contributed by atoms with E-state index in [9.17, 15) is 0 Å². The Kier molecular flexibility index (Phi) is 3.34. The lowest BCUT2D eigenvalue weighted by Crippen LogP contribution is -2.01. The van der Waals surface area contributed by atoms with Crippen molar-refractivity contribution in [3.05, 3.63) is 42.2 Å². The topological polar surface area (TPSA) is 64.1 Å². The molecule has 1 aromatic heterocycles. The lowest BCUT2D eigenvalue weighted by molar-refractivity contribution is 0.269. The molecule has 3 N–H and O–H groups in total. The summed E-state index contributed by atoms with van der Waals surface area (Å²) in [7, 11) is 0. The summed E-state index contributed by atoms with van der Waals surface area (Å²) in [6, 6.07) is 8.09. The summed E-state index contributed by atoms with van der Waals surface area (Å²) in [5, 5.41) is 12.9. The number of rotatable bonds is 4. The van der Waals surface area contributed by atoms with Gasteiger partial charge >= 0.3 is 0 Å². The van der Waals surface area contributed by atoms with Crippen LogP contribution in [0.15, 0.2) is 36.7 Å². The van der Waals surface area contributed by atoms with Crippen molar-refractivity contribution in [2.45, 2.75) is 13.1 Å². The van der Waals surface area contributed by atoms with E-state index in [4.69, 9.17) is 10.8 Å². The first kappa shape index (κ1) is 10.9. The Morgan fingerprint density at radius 1 is 1.19 bits per heavy atom. The Balaban J connectivity index is 2.21. The van der Waals surface area contributed by atoms with Crippen molar-refractivity contribution in [1.29, 1.82) is 0 Å². The van der Waals surface area contributed by atoms with Crippen LogP contribution in [0.5, 0.6) is 0 Å². The average molecular weight is 217 g/mol. The summed E-state index contributed by atoms with van der Waals surface area (Å²) in [6.07, 6.45) is 3.72. The van der Waals surface area contributed by atoms with Crippen LogP contribution in [-0.2, 0) is 13.1 Å². The van der Waals surface area contributed by atoms with E-state index in [1.54, 1.807) is 10.9 Å². The molecule has 16 heavy (non-hydrogen) atoms. The molecule has 4 nitrogen and oxygen atoms in total. The summed E-state index contributed by atoms with van der Waals surface area (Å²) < 4.78 is 1.73. The van der Waals surface area contributed by atoms with Crippen LogP contribution in [0, 0.1) is 0 Å². The predicted molar refractivity (Wildman–Crippen MR) is 62.6 cm³/mol. The maximum absolute atomic E-state index is 8.79. The Bertz CT molecular complexity index is 448.